The van der Waals surface area contributed by atoms with Crippen molar-refractivity contribution >= 4 is 23.2 Å². The minimum Gasteiger partial charge on any atom is -0.339 e. The summed E-state index contributed by atoms with van der Waals surface area (Å²) in [5.41, 5.74) is 1.32. The molecule has 0 spiro atoms. The largest absolute Gasteiger partial charge is 0.339 e. The molecule has 1 aromatic rings. The van der Waals surface area contributed by atoms with Crippen LogP contribution >= 0.6 is 11.3 Å². The Bertz CT molecular complexity index is 608. The number of nitrogens with zero attached hydrogens (tertiary/aromatic N) is 2. The van der Waals surface area contributed by atoms with E-state index in [4.69, 9.17) is 0 Å². The average Bonchev–Trinajstić information content (AvgIpc) is 3.21. The Balaban J connectivity index is 1.74. The topological polar surface area (TPSA) is 40.6 Å². The molecule has 3 heterocycles. The zero-order chi connectivity index (χ0) is 17.3. The van der Waals surface area contributed by atoms with E-state index in [1.807, 2.05) is 9.80 Å². The van der Waals surface area contributed by atoms with Crippen LogP contribution in [0.15, 0.2) is 11.4 Å². The van der Waals surface area contributed by atoms with Gasteiger partial charge in [-0.25, -0.2) is 0 Å². The standard InChI is InChI=1S/C19H28N2O2S/c1-4-14(5-2)21-12-13(11-18(21)22)19(23)20-9-7-17-15(8-10-24-17)16(20)6-3/h8,10,13-14,16H,4-7,9,11-12H2,1-3H3. The van der Waals surface area contributed by atoms with Gasteiger partial charge in [0.2, 0.25) is 11.8 Å². The molecule has 0 aromatic carbocycles. The Kier molecular flexibility index (Phi) is 5.28. The minimum atomic E-state index is -0.160. The molecule has 0 bridgehead atoms. The lowest BCUT2D eigenvalue weighted by Gasteiger charge is -2.37. The number of likely N-dealkylation sites (tertiary alicyclic amines) is 1. The van der Waals surface area contributed by atoms with Crippen LogP contribution in [-0.4, -0.2) is 40.7 Å². The number of amides is 2. The molecule has 0 saturated carbocycles. The molecule has 2 aliphatic heterocycles. The van der Waals surface area contributed by atoms with Gasteiger partial charge in [0.1, 0.15) is 0 Å². The number of thiophene rings is 1. The highest BCUT2D eigenvalue weighted by molar-refractivity contribution is 7.10. The summed E-state index contributed by atoms with van der Waals surface area (Å²) in [5, 5.41) is 2.13. The van der Waals surface area contributed by atoms with E-state index in [-0.39, 0.29) is 29.8 Å². The van der Waals surface area contributed by atoms with E-state index in [9.17, 15) is 9.59 Å². The Hall–Kier alpha value is -1.36. The van der Waals surface area contributed by atoms with E-state index in [0.29, 0.717) is 13.0 Å². The molecule has 0 radical (unpaired) electrons. The molecule has 132 valence electrons. The molecule has 4 nitrogen and oxygen atoms in total. The maximum absolute atomic E-state index is 13.1. The smallest absolute Gasteiger partial charge is 0.228 e. The van der Waals surface area contributed by atoms with Crippen LogP contribution in [0.3, 0.4) is 0 Å². The fourth-order valence-corrected chi connectivity index (χ4v) is 5.24. The molecule has 1 saturated heterocycles. The first-order chi connectivity index (χ1) is 11.6. The lowest BCUT2D eigenvalue weighted by Crippen LogP contribution is -2.43. The van der Waals surface area contributed by atoms with Crippen molar-refractivity contribution in [2.75, 3.05) is 13.1 Å². The maximum atomic E-state index is 13.1. The molecule has 3 rings (SSSR count). The van der Waals surface area contributed by atoms with Gasteiger partial charge in [0.05, 0.1) is 12.0 Å². The summed E-state index contributed by atoms with van der Waals surface area (Å²) in [6, 6.07) is 2.64. The van der Waals surface area contributed by atoms with Gasteiger partial charge in [0.25, 0.3) is 0 Å². The summed E-state index contributed by atoms with van der Waals surface area (Å²) in [6.45, 7) is 7.78. The first kappa shape index (κ1) is 17.5. The van der Waals surface area contributed by atoms with Crippen molar-refractivity contribution in [3.8, 4) is 0 Å². The van der Waals surface area contributed by atoms with E-state index >= 15 is 0 Å². The van der Waals surface area contributed by atoms with Crippen LogP contribution < -0.4 is 0 Å². The fraction of sp³-hybridized carbons (Fsp3) is 0.684. The first-order valence-corrected chi connectivity index (χ1v) is 10.1. The second-order valence-electron chi connectivity index (χ2n) is 6.92. The zero-order valence-electron chi connectivity index (χ0n) is 15.0. The van der Waals surface area contributed by atoms with Crippen LogP contribution in [0.5, 0.6) is 0 Å². The SMILES string of the molecule is CCC(CC)N1CC(C(=O)N2CCc3sccc3C2CC)CC1=O. The molecule has 1 fully saturated rings. The van der Waals surface area contributed by atoms with Crippen LogP contribution in [0, 0.1) is 5.92 Å². The molecule has 1 aromatic heterocycles. The molecule has 5 heteroatoms. The Morgan fingerprint density at radius 3 is 2.75 bits per heavy atom. The number of rotatable bonds is 5. The zero-order valence-corrected chi connectivity index (χ0v) is 15.8. The van der Waals surface area contributed by atoms with Crippen LogP contribution in [0.4, 0.5) is 0 Å². The Morgan fingerprint density at radius 2 is 2.08 bits per heavy atom. The molecule has 24 heavy (non-hydrogen) atoms. The van der Waals surface area contributed by atoms with Crippen molar-refractivity contribution in [3.63, 3.8) is 0 Å². The van der Waals surface area contributed by atoms with E-state index < -0.39 is 0 Å². The number of fused-ring (bicyclic) bond motifs is 1. The molecular formula is C19H28N2O2S. The van der Waals surface area contributed by atoms with Gasteiger partial charge in [-0.1, -0.05) is 20.8 Å². The molecular weight excluding hydrogens is 320 g/mol. The highest BCUT2D eigenvalue weighted by Crippen LogP contribution is 2.37. The predicted octanol–water partition coefficient (Wildman–Crippen LogP) is 3.62. The summed E-state index contributed by atoms with van der Waals surface area (Å²) in [6.07, 6.45) is 4.20. The van der Waals surface area contributed by atoms with Crippen molar-refractivity contribution < 1.29 is 9.59 Å². The maximum Gasteiger partial charge on any atom is 0.228 e. The lowest BCUT2D eigenvalue weighted by molar-refractivity contribution is -0.138. The van der Waals surface area contributed by atoms with Crippen molar-refractivity contribution in [2.24, 2.45) is 5.92 Å². The van der Waals surface area contributed by atoms with Gasteiger partial charge in [-0.3, -0.25) is 9.59 Å². The Labute approximate surface area is 148 Å². The monoisotopic (exact) mass is 348 g/mol. The van der Waals surface area contributed by atoms with Gasteiger partial charge in [0, 0.05) is 30.4 Å². The van der Waals surface area contributed by atoms with Crippen molar-refractivity contribution in [3.05, 3.63) is 21.9 Å². The summed E-state index contributed by atoms with van der Waals surface area (Å²) in [5.74, 6) is 0.177. The van der Waals surface area contributed by atoms with E-state index in [1.165, 1.54) is 10.4 Å². The highest BCUT2D eigenvalue weighted by Gasteiger charge is 2.41. The second kappa shape index (κ2) is 7.26. The average molecular weight is 349 g/mol. The highest BCUT2D eigenvalue weighted by atomic mass is 32.1. The molecule has 2 amide bonds. The number of carbonyl (C=O) groups is 2. The van der Waals surface area contributed by atoms with Gasteiger partial charge >= 0.3 is 0 Å². The second-order valence-corrected chi connectivity index (χ2v) is 7.92. The van der Waals surface area contributed by atoms with E-state index in [2.05, 4.69) is 32.2 Å². The van der Waals surface area contributed by atoms with Gasteiger partial charge in [-0.05, 0) is 42.7 Å². The lowest BCUT2D eigenvalue weighted by atomic mass is 9.95. The van der Waals surface area contributed by atoms with Crippen LogP contribution in [0.25, 0.3) is 0 Å². The van der Waals surface area contributed by atoms with E-state index in [1.54, 1.807) is 11.3 Å². The summed E-state index contributed by atoms with van der Waals surface area (Å²) < 4.78 is 0. The summed E-state index contributed by atoms with van der Waals surface area (Å²) >= 11 is 1.80. The fourth-order valence-electron chi connectivity index (χ4n) is 4.31. The van der Waals surface area contributed by atoms with Crippen LogP contribution in [0.2, 0.25) is 0 Å². The van der Waals surface area contributed by atoms with E-state index in [0.717, 1.165) is 32.2 Å². The van der Waals surface area contributed by atoms with Crippen LogP contribution in [-0.2, 0) is 16.0 Å². The molecule has 2 unspecified atom stereocenters. The normalized spacial score (nSPS) is 23.9. The summed E-state index contributed by atoms with van der Waals surface area (Å²) in [7, 11) is 0. The van der Waals surface area contributed by atoms with Gasteiger partial charge in [-0.15, -0.1) is 11.3 Å². The molecule has 2 aliphatic rings. The summed E-state index contributed by atoms with van der Waals surface area (Å²) in [4.78, 5) is 31.0. The van der Waals surface area contributed by atoms with Gasteiger partial charge in [-0.2, -0.15) is 0 Å². The third-order valence-corrected chi connectivity index (χ3v) is 6.65. The predicted molar refractivity (Wildman–Crippen MR) is 97.0 cm³/mol. The van der Waals surface area contributed by atoms with Gasteiger partial charge in [0.15, 0.2) is 0 Å². The molecule has 0 aliphatic carbocycles. The van der Waals surface area contributed by atoms with Crippen molar-refractivity contribution in [2.45, 2.75) is 65.0 Å². The first-order valence-electron chi connectivity index (χ1n) is 9.26. The van der Waals surface area contributed by atoms with Crippen molar-refractivity contribution in [1.29, 1.82) is 0 Å². The third kappa shape index (κ3) is 2.99. The van der Waals surface area contributed by atoms with Crippen LogP contribution in [0.1, 0.15) is 62.9 Å². The quantitative estimate of drug-likeness (QED) is 0.815. The number of carbonyl (C=O) groups excluding carboxylic acids is 2. The molecule has 2 atom stereocenters. The third-order valence-electron chi connectivity index (χ3n) is 5.66. The number of hydrogen-bond donors (Lipinski definition) is 0. The Morgan fingerprint density at radius 1 is 1.33 bits per heavy atom. The minimum absolute atomic E-state index is 0.156. The number of hydrogen-bond acceptors (Lipinski definition) is 3. The van der Waals surface area contributed by atoms with Gasteiger partial charge < -0.3 is 9.80 Å². The van der Waals surface area contributed by atoms with Crippen molar-refractivity contribution in [1.82, 2.24) is 9.80 Å². The molecule has 0 N–H and O–H groups in total.